The summed E-state index contributed by atoms with van der Waals surface area (Å²) in [6.07, 6.45) is -7.22. The quantitative estimate of drug-likeness (QED) is 0.108. The Hall–Kier alpha value is -6.42. The molecule has 0 saturated carbocycles. The molecule has 1 aliphatic heterocycles. The van der Waals surface area contributed by atoms with Gasteiger partial charge in [0.05, 0.1) is 18.1 Å². The van der Waals surface area contributed by atoms with Crippen LogP contribution in [0.15, 0.2) is 82.0 Å². The van der Waals surface area contributed by atoms with Crippen LogP contribution in [0.25, 0.3) is 11.0 Å². The third-order valence-electron chi connectivity index (χ3n) is 7.74. The standard InChI is InChI=1S/C38H36O16/c1-20(39)46-19-30-32(48-21(2)40)33(49-22(3)41)35(50-23(4)42)38(53-30)51-27-15-16-28-29(17-27)52-37(44)34(54-36(43)25-9-7-6-8-10-25)31(28)47-18-24-11-13-26(45-5)14-12-24/h6-17,30,32-33,35,38H,18-19H2,1-5H3/t30-,32-,33+,35-,38-/m1/s1. The lowest BCUT2D eigenvalue weighted by Crippen LogP contribution is -2.63. The summed E-state index contributed by atoms with van der Waals surface area (Å²) < 4.78 is 56.0. The molecule has 0 radical (unpaired) electrons. The predicted octanol–water partition coefficient (Wildman–Crippen LogP) is 4.06. The van der Waals surface area contributed by atoms with Crippen molar-refractivity contribution in [1.29, 1.82) is 0 Å². The van der Waals surface area contributed by atoms with Crippen LogP contribution in [-0.2, 0) is 49.5 Å². The minimum atomic E-state index is -1.56. The lowest BCUT2D eigenvalue weighted by Gasteiger charge is -2.43. The lowest BCUT2D eigenvalue weighted by molar-refractivity contribution is -0.288. The number of methoxy groups -OCH3 is 1. The van der Waals surface area contributed by atoms with Crippen molar-refractivity contribution in [2.45, 2.75) is 65.0 Å². The predicted molar refractivity (Wildman–Crippen MR) is 184 cm³/mol. The number of benzene rings is 3. The van der Waals surface area contributed by atoms with Crippen molar-refractivity contribution in [3.63, 3.8) is 0 Å². The molecule has 1 aliphatic rings. The Morgan fingerprint density at radius 1 is 0.704 bits per heavy atom. The Labute approximate surface area is 307 Å². The molecule has 0 aliphatic carbocycles. The second kappa shape index (κ2) is 17.4. The van der Waals surface area contributed by atoms with Crippen LogP contribution in [0.4, 0.5) is 0 Å². The number of hydrogen-bond donors (Lipinski definition) is 0. The zero-order chi connectivity index (χ0) is 38.9. The first-order chi connectivity index (χ1) is 25.8. The van der Waals surface area contributed by atoms with Gasteiger partial charge in [-0.2, -0.15) is 0 Å². The van der Waals surface area contributed by atoms with Crippen LogP contribution in [0, 0.1) is 0 Å². The molecule has 0 bridgehead atoms. The molecule has 4 aromatic rings. The fourth-order valence-electron chi connectivity index (χ4n) is 5.46. The summed E-state index contributed by atoms with van der Waals surface area (Å²) in [5.74, 6) is -3.97. The molecule has 1 aromatic heterocycles. The third kappa shape index (κ3) is 9.71. The number of carbonyl (C=O) groups excluding carboxylic acids is 5. The van der Waals surface area contributed by atoms with Gasteiger partial charge in [0.2, 0.25) is 12.4 Å². The Kier molecular flexibility index (Phi) is 12.5. The third-order valence-corrected chi connectivity index (χ3v) is 7.74. The van der Waals surface area contributed by atoms with Crippen LogP contribution >= 0.6 is 0 Å². The number of fused-ring (bicyclic) bond motifs is 1. The average Bonchev–Trinajstić information content (AvgIpc) is 3.13. The molecule has 5 rings (SSSR count). The molecule has 0 spiro atoms. The second-order valence-corrected chi connectivity index (χ2v) is 11.8. The highest BCUT2D eigenvalue weighted by atomic mass is 16.7. The van der Waals surface area contributed by atoms with Gasteiger partial charge in [-0.25, -0.2) is 9.59 Å². The normalized spacial score (nSPS) is 19.2. The van der Waals surface area contributed by atoms with Crippen LogP contribution in [0.3, 0.4) is 0 Å². The van der Waals surface area contributed by atoms with Gasteiger partial charge in [-0.1, -0.05) is 30.3 Å². The van der Waals surface area contributed by atoms with E-state index in [1.54, 1.807) is 42.5 Å². The molecule has 0 amide bonds. The van der Waals surface area contributed by atoms with Crippen molar-refractivity contribution in [1.82, 2.24) is 0 Å². The van der Waals surface area contributed by atoms with Gasteiger partial charge in [-0.05, 0) is 42.0 Å². The first-order valence-electron chi connectivity index (χ1n) is 16.4. The number of carbonyl (C=O) groups is 5. The number of ether oxygens (including phenoxy) is 9. The summed E-state index contributed by atoms with van der Waals surface area (Å²) in [6.45, 7) is 3.91. The van der Waals surface area contributed by atoms with Crippen LogP contribution in [0.5, 0.6) is 23.0 Å². The zero-order valence-electron chi connectivity index (χ0n) is 29.8. The maximum atomic E-state index is 13.4. The summed E-state index contributed by atoms with van der Waals surface area (Å²) in [5.41, 5.74) is -0.263. The fraction of sp³-hybridized carbons (Fsp3) is 0.316. The maximum Gasteiger partial charge on any atom is 0.383 e. The Morgan fingerprint density at radius 2 is 1.33 bits per heavy atom. The van der Waals surface area contributed by atoms with Gasteiger partial charge in [0.15, 0.2) is 18.0 Å². The van der Waals surface area contributed by atoms with Crippen molar-refractivity contribution in [2.24, 2.45) is 0 Å². The van der Waals surface area contributed by atoms with E-state index in [4.69, 9.17) is 47.0 Å². The highest BCUT2D eigenvalue weighted by Crippen LogP contribution is 2.37. The molecular weight excluding hydrogens is 712 g/mol. The fourth-order valence-corrected chi connectivity index (χ4v) is 5.46. The van der Waals surface area contributed by atoms with Crippen molar-refractivity contribution in [3.8, 4) is 23.0 Å². The Bertz CT molecular complexity index is 2060. The van der Waals surface area contributed by atoms with Gasteiger partial charge < -0.3 is 47.0 Å². The summed E-state index contributed by atoms with van der Waals surface area (Å²) in [5, 5.41) is 0.202. The van der Waals surface area contributed by atoms with E-state index in [-0.39, 0.29) is 34.6 Å². The molecular formula is C38H36O16. The van der Waals surface area contributed by atoms with E-state index in [1.807, 2.05) is 0 Å². The van der Waals surface area contributed by atoms with Gasteiger partial charge in [0.1, 0.15) is 36.4 Å². The van der Waals surface area contributed by atoms with Gasteiger partial charge in [0.25, 0.3) is 5.75 Å². The van der Waals surface area contributed by atoms with E-state index in [9.17, 15) is 28.8 Å². The first-order valence-corrected chi connectivity index (χ1v) is 16.4. The Balaban J connectivity index is 1.53. The van der Waals surface area contributed by atoms with Crippen LogP contribution in [-0.4, -0.2) is 74.3 Å². The van der Waals surface area contributed by atoms with Crippen molar-refractivity contribution < 1.29 is 71.0 Å². The van der Waals surface area contributed by atoms with Crippen molar-refractivity contribution in [2.75, 3.05) is 13.7 Å². The molecule has 0 unspecified atom stereocenters. The monoisotopic (exact) mass is 748 g/mol. The van der Waals surface area contributed by atoms with E-state index in [2.05, 4.69) is 0 Å². The van der Waals surface area contributed by atoms with Gasteiger partial charge >= 0.3 is 35.5 Å². The summed E-state index contributed by atoms with van der Waals surface area (Å²) in [4.78, 5) is 74.7. The highest BCUT2D eigenvalue weighted by Gasteiger charge is 2.53. The lowest BCUT2D eigenvalue weighted by atomic mass is 9.98. The van der Waals surface area contributed by atoms with E-state index in [1.165, 1.54) is 37.4 Å². The Morgan fingerprint density at radius 3 is 1.96 bits per heavy atom. The second-order valence-electron chi connectivity index (χ2n) is 11.8. The molecule has 5 atom stereocenters. The van der Waals surface area contributed by atoms with Gasteiger partial charge in [-0.3, -0.25) is 19.2 Å². The first kappa shape index (κ1) is 38.8. The van der Waals surface area contributed by atoms with Crippen molar-refractivity contribution in [3.05, 3.63) is 94.3 Å². The number of esters is 5. The minimum absolute atomic E-state index is 0.0123. The number of hydrogen-bond acceptors (Lipinski definition) is 16. The molecule has 284 valence electrons. The molecule has 2 heterocycles. The van der Waals surface area contributed by atoms with E-state index < -0.39 is 78.5 Å². The smallest absolute Gasteiger partial charge is 0.383 e. The molecule has 1 saturated heterocycles. The van der Waals surface area contributed by atoms with Crippen LogP contribution in [0.1, 0.15) is 43.6 Å². The minimum Gasteiger partial charge on any atom is -0.497 e. The summed E-state index contributed by atoms with van der Waals surface area (Å²) >= 11 is 0. The van der Waals surface area contributed by atoms with Gasteiger partial charge in [0, 0.05) is 33.8 Å². The average molecular weight is 749 g/mol. The van der Waals surface area contributed by atoms with Crippen LogP contribution < -0.4 is 24.6 Å². The summed E-state index contributed by atoms with van der Waals surface area (Å²) in [7, 11) is 1.53. The maximum absolute atomic E-state index is 13.4. The molecule has 16 heteroatoms. The summed E-state index contributed by atoms with van der Waals surface area (Å²) in [6, 6.07) is 19.2. The molecule has 3 aromatic carbocycles. The van der Waals surface area contributed by atoms with E-state index in [0.717, 1.165) is 27.7 Å². The molecule has 54 heavy (non-hydrogen) atoms. The molecule has 1 fully saturated rings. The van der Waals surface area contributed by atoms with E-state index in [0.29, 0.717) is 11.3 Å². The molecule has 16 nitrogen and oxygen atoms in total. The van der Waals surface area contributed by atoms with Gasteiger partial charge in [-0.15, -0.1) is 0 Å². The topological polar surface area (TPSA) is 199 Å². The van der Waals surface area contributed by atoms with Crippen LogP contribution in [0.2, 0.25) is 0 Å². The largest absolute Gasteiger partial charge is 0.497 e. The number of rotatable bonds is 13. The van der Waals surface area contributed by atoms with E-state index >= 15 is 0 Å². The van der Waals surface area contributed by atoms with Crippen molar-refractivity contribution >= 4 is 40.8 Å². The molecule has 0 N–H and O–H groups in total. The highest BCUT2D eigenvalue weighted by molar-refractivity contribution is 5.93. The zero-order valence-corrected chi connectivity index (χ0v) is 29.8. The SMILES string of the molecule is COc1ccc(COc2c(OC(=O)c3ccccc3)c(=O)oc3cc(O[C@@H]4O[C@H](COC(C)=O)[C@@H](OC(C)=O)[C@H](OC(C)=O)[C@H]4OC(C)=O)ccc23)cc1.